The summed E-state index contributed by atoms with van der Waals surface area (Å²) in [5.74, 6) is 1.80. The lowest BCUT2D eigenvalue weighted by molar-refractivity contribution is 0.517. The second kappa shape index (κ2) is 6.89. The maximum atomic E-state index is 5.83. The maximum absolute atomic E-state index is 5.83. The molecule has 1 aliphatic heterocycles. The molecule has 4 rings (SSSR count). The van der Waals surface area contributed by atoms with E-state index in [1.165, 1.54) is 24.1 Å². The Balaban J connectivity index is 1.40. The molecule has 1 N–H and O–H groups in total. The topological polar surface area (TPSA) is 66.8 Å². The lowest BCUT2D eigenvalue weighted by Crippen LogP contribution is -2.40. The van der Waals surface area contributed by atoms with Crippen LogP contribution in [-0.2, 0) is 12.8 Å². The molecule has 7 heteroatoms. The minimum Gasteiger partial charge on any atom is -0.356 e. The highest BCUT2D eigenvalue weighted by Crippen LogP contribution is 2.29. The molecule has 6 nitrogen and oxygen atoms in total. The summed E-state index contributed by atoms with van der Waals surface area (Å²) in [6, 6.07) is 0.389. The maximum Gasteiger partial charge on any atom is 0.222 e. The number of nitrogens with one attached hydrogen (secondary N) is 1. The van der Waals surface area contributed by atoms with E-state index in [0.717, 1.165) is 44.6 Å². The zero-order chi connectivity index (χ0) is 16.4. The van der Waals surface area contributed by atoms with Gasteiger partial charge in [0.1, 0.15) is 12.1 Å². The number of anilines is 2. The van der Waals surface area contributed by atoms with Gasteiger partial charge < -0.3 is 10.2 Å². The Hall–Kier alpha value is -1.95. The van der Waals surface area contributed by atoms with Crippen LogP contribution in [0.1, 0.15) is 36.9 Å². The van der Waals surface area contributed by atoms with Crippen LogP contribution in [0.2, 0.25) is 5.02 Å². The molecule has 0 amide bonds. The van der Waals surface area contributed by atoms with Gasteiger partial charge in [0.25, 0.3) is 0 Å². The molecular weight excluding hydrogens is 324 g/mol. The Labute approximate surface area is 146 Å². The monoisotopic (exact) mass is 344 g/mol. The van der Waals surface area contributed by atoms with E-state index < -0.39 is 0 Å². The third-order valence-corrected chi connectivity index (χ3v) is 5.05. The fourth-order valence-electron chi connectivity index (χ4n) is 3.58. The molecule has 1 saturated heterocycles. The van der Waals surface area contributed by atoms with Crippen molar-refractivity contribution in [2.75, 3.05) is 23.3 Å². The third-order valence-electron chi connectivity index (χ3n) is 4.85. The molecule has 2 aliphatic rings. The molecule has 1 aliphatic carbocycles. The Morgan fingerprint density at radius 1 is 1.00 bits per heavy atom. The number of halogens is 1. The van der Waals surface area contributed by atoms with E-state index in [-0.39, 0.29) is 0 Å². The summed E-state index contributed by atoms with van der Waals surface area (Å²) in [6.07, 6.45) is 11.8. The number of fused-ring (bicyclic) bond motifs is 1. The van der Waals surface area contributed by atoms with Crippen LogP contribution in [0.4, 0.5) is 11.8 Å². The fourth-order valence-corrected chi connectivity index (χ4v) is 3.68. The molecule has 1 fully saturated rings. The first-order chi connectivity index (χ1) is 11.8. The summed E-state index contributed by atoms with van der Waals surface area (Å²) in [6.45, 7) is 1.99. The number of aromatic nitrogens is 4. The van der Waals surface area contributed by atoms with Crippen molar-refractivity contribution in [1.29, 1.82) is 0 Å². The van der Waals surface area contributed by atoms with Crippen LogP contribution in [0.3, 0.4) is 0 Å². The van der Waals surface area contributed by atoms with Gasteiger partial charge in [-0.2, -0.15) is 0 Å². The van der Waals surface area contributed by atoms with Crippen LogP contribution in [0.15, 0.2) is 18.7 Å². The normalized spacial score (nSPS) is 18.3. The lowest BCUT2D eigenvalue weighted by atomic mass is 9.95. The summed E-state index contributed by atoms with van der Waals surface area (Å²) >= 11 is 5.83. The smallest absolute Gasteiger partial charge is 0.222 e. The van der Waals surface area contributed by atoms with Gasteiger partial charge in [-0.3, -0.25) is 0 Å². The minimum absolute atomic E-state index is 0.389. The van der Waals surface area contributed by atoms with Crippen molar-refractivity contribution in [2.24, 2.45) is 0 Å². The highest BCUT2D eigenvalue weighted by Gasteiger charge is 2.24. The molecule has 0 radical (unpaired) electrons. The summed E-state index contributed by atoms with van der Waals surface area (Å²) < 4.78 is 0. The van der Waals surface area contributed by atoms with Gasteiger partial charge in [-0.15, -0.1) is 0 Å². The zero-order valence-corrected chi connectivity index (χ0v) is 14.3. The second-order valence-electron chi connectivity index (χ2n) is 6.46. The van der Waals surface area contributed by atoms with Crippen LogP contribution in [-0.4, -0.2) is 39.1 Å². The Kier molecular flexibility index (Phi) is 4.47. The SMILES string of the molecule is Clc1cnc(NC2CCN(c3ncnc4c3CCCC4)CC2)nc1. The molecule has 2 aromatic heterocycles. The summed E-state index contributed by atoms with van der Waals surface area (Å²) in [4.78, 5) is 19.9. The number of rotatable bonds is 3. The average Bonchev–Trinajstić information content (AvgIpc) is 2.64. The molecule has 0 aromatic carbocycles. The zero-order valence-electron chi connectivity index (χ0n) is 13.6. The van der Waals surface area contributed by atoms with Crippen molar-refractivity contribution in [3.05, 3.63) is 35.0 Å². The van der Waals surface area contributed by atoms with E-state index >= 15 is 0 Å². The van der Waals surface area contributed by atoms with Gasteiger partial charge in [0.15, 0.2) is 0 Å². The van der Waals surface area contributed by atoms with Crippen molar-refractivity contribution < 1.29 is 0 Å². The molecule has 24 heavy (non-hydrogen) atoms. The molecule has 126 valence electrons. The highest BCUT2D eigenvalue weighted by molar-refractivity contribution is 6.30. The largest absolute Gasteiger partial charge is 0.356 e. The van der Waals surface area contributed by atoms with E-state index in [0.29, 0.717) is 17.0 Å². The van der Waals surface area contributed by atoms with Gasteiger partial charge in [0.2, 0.25) is 5.95 Å². The van der Waals surface area contributed by atoms with Crippen molar-refractivity contribution in [1.82, 2.24) is 19.9 Å². The second-order valence-corrected chi connectivity index (χ2v) is 6.90. The van der Waals surface area contributed by atoms with Crippen molar-refractivity contribution >= 4 is 23.4 Å². The van der Waals surface area contributed by atoms with E-state index in [1.54, 1.807) is 18.7 Å². The predicted octanol–water partition coefficient (Wildman–Crippen LogP) is 2.88. The highest BCUT2D eigenvalue weighted by atomic mass is 35.5. The number of hydrogen-bond acceptors (Lipinski definition) is 6. The van der Waals surface area contributed by atoms with Crippen molar-refractivity contribution in [2.45, 2.75) is 44.6 Å². The van der Waals surface area contributed by atoms with Crippen molar-refractivity contribution in [3.8, 4) is 0 Å². The van der Waals surface area contributed by atoms with E-state index in [9.17, 15) is 0 Å². The standard InChI is InChI=1S/C17H21ClN6/c18-12-9-19-17(20-10-12)23-13-5-7-24(8-6-13)16-14-3-1-2-4-15(14)21-11-22-16/h9-11,13H,1-8H2,(H,19,20,23). The van der Waals surface area contributed by atoms with Crippen LogP contribution in [0.5, 0.6) is 0 Å². The Morgan fingerprint density at radius 2 is 1.75 bits per heavy atom. The Bertz CT molecular complexity index is 697. The van der Waals surface area contributed by atoms with Crippen LogP contribution < -0.4 is 10.2 Å². The Morgan fingerprint density at radius 3 is 2.54 bits per heavy atom. The van der Waals surface area contributed by atoms with Gasteiger partial charge in [-0.05, 0) is 38.5 Å². The van der Waals surface area contributed by atoms with Crippen LogP contribution in [0, 0.1) is 0 Å². The van der Waals surface area contributed by atoms with Gasteiger partial charge in [0, 0.05) is 30.4 Å². The van der Waals surface area contributed by atoms with Crippen LogP contribution in [0.25, 0.3) is 0 Å². The average molecular weight is 345 g/mol. The lowest BCUT2D eigenvalue weighted by Gasteiger charge is -2.35. The summed E-state index contributed by atoms with van der Waals surface area (Å²) in [5, 5.41) is 3.96. The molecule has 0 saturated carbocycles. The van der Waals surface area contributed by atoms with Crippen LogP contribution >= 0.6 is 11.6 Å². The molecule has 0 unspecified atom stereocenters. The van der Waals surface area contributed by atoms with Crippen molar-refractivity contribution in [3.63, 3.8) is 0 Å². The first-order valence-electron chi connectivity index (χ1n) is 8.61. The van der Waals surface area contributed by atoms with E-state index in [1.807, 2.05) is 0 Å². The number of nitrogens with zero attached hydrogens (tertiary/aromatic N) is 5. The van der Waals surface area contributed by atoms with Gasteiger partial charge >= 0.3 is 0 Å². The van der Waals surface area contributed by atoms with Gasteiger partial charge in [0.05, 0.1) is 17.4 Å². The molecule has 3 heterocycles. The summed E-state index contributed by atoms with van der Waals surface area (Å²) in [7, 11) is 0. The molecular formula is C17H21ClN6. The first kappa shape index (κ1) is 15.6. The third kappa shape index (κ3) is 3.29. The van der Waals surface area contributed by atoms with Gasteiger partial charge in [-0.1, -0.05) is 11.6 Å². The predicted molar refractivity (Wildman–Crippen MR) is 94.6 cm³/mol. The fraction of sp³-hybridized carbons (Fsp3) is 0.529. The first-order valence-corrected chi connectivity index (χ1v) is 8.99. The number of aryl methyl sites for hydroxylation is 1. The minimum atomic E-state index is 0.389. The number of hydrogen-bond donors (Lipinski definition) is 1. The molecule has 0 bridgehead atoms. The van der Waals surface area contributed by atoms with E-state index in [4.69, 9.17) is 11.6 Å². The quantitative estimate of drug-likeness (QED) is 0.923. The molecule has 0 atom stereocenters. The van der Waals surface area contributed by atoms with E-state index in [2.05, 4.69) is 30.2 Å². The molecule has 0 spiro atoms. The summed E-state index contributed by atoms with van der Waals surface area (Å²) in [5.41, 5.74) is 2.62. The van der Waals surface area contributed by atoms with Gasteiger partial charge in [-0.25, -0.2) is 19.9 Å². The molecule has 2 aromatic rings. The number of piperidine rings is 1.